The summed E-state index contributed by atoms with van der Waals surface area (Å²) in [4.78, 5) is 0. The van der Waals surface area contributed by atoms with E-state index in [1.54, 1.807) is 0 Å². The van der Waals surface area contributed by atoms with Gasteiger partial charge in [-0.2, -0.15) is 0 Å². The van der Waals surface area contributed by atoms with Crippen molar-refractivity contribution in [1.82, 2.24) is 0 Å². The third kappa shape index (κ3) is 3.85. The van der Waals surface area contributed by atoms with Gasteiger partial charge in [0.1, 0.15) is 5.75 Å². The molecule has 0 saturated heterocycles. The summed E-state index contributed by atoms with van der Waals surface area (Å²) < 4.78 is 5.89. The maximum absolute atomic E-state index is 5.89. The summed E-state index contributed by atoms with van der Waals surface area (Å²) in [5.41, 5.74) is 5.91. The van der Waals surface area contributed by atoms with Crippen LogP contribution < -0.4 is 4.74 Å². The van der Waals surface area contributed by atoms with E-state index in [1.807, 2.05) is 0 Å². The molecule has 1 aliphatic carbocycles. The molecule has 120 valence electrons. The largest absolute Gasteiger partial charge is 0.494 e. The average Bonchev–Trinajstić information content (AvgIpc) is 2.94. The highest BCUT2D eigenvalue weighted by atomic mass is 16.5. The van der Waals surface area contributed by atoms with Crippen molar-refractivity contribution in [2.75, 3.05) is 6.61 Å². The Morgan fingerprint density at radius 3 is 2.43 bits per heavy atom. The predicted molar refractivity (Wildman–Crippen MR) is 98.0 cm³/mol. The standard InChI is InChI=1S/C22H26O/c1-22(2,3)19-12-14-20(15-13-19)23-16-6-8-18-11-10-17-7-4-5-9-21(17)18/h4-5,7,9,11-15H,6,8,10,16H2,1-3H3. The third-order valence-corrected chi connectivity index (χ3v) is 4.51. The van der Waals surface area contributed by atoms with E-state index in [0.29, 0.717) is 0 Å². The Hall–Kier alpha value is -2.02. The molecule has 1 heteroatoms. The van der Waals surface area contributed by atoms with Crippen LogP contribution in [0.1, 0.15) is 50.3 Å². The van der Waals surface area contributed by atoms with Gasteiger partial charge in [0, 0.05) is 0 Å². The minimum Gasteiger partial charge on any atom is -0.494 e. The van der Waals surface area contributed by atoms with Crippen LogP contribution in [0.15, 0.2) is 54.6 Å². The molecule has 0 aromatic heterocycles. The maximum atomic E-state index is 5.89. The Morgan fingerprint density at radius 2 is 1.70 bits per heavy atom. The number of hydrogen-bond donors (Lipinski definition) is 0. The lowest BCUT2D eigenvalue weighted by Crippen LogP contribution is -2.10. The molecular formula is C22H26O. The second-order valence-electron chi connectivity index (χ2n) is 7.32. The van der Waals surface area contributed by atoms with Gasteiger partial charge in [-0.25, -0.2) is 0 Å². The lowest BCUT2D eigenvalue weighted by atomic mass is 9.87. The molecule has 3 rings (SSSR count). The van der Waals surface area contributed by atoms with Gasteiger partial charge in [0.2, 0.25) is 0 Å². The topological polar surface area (TPSA) is 9.23 Å². The highest BCUT2D eigenvalue weighted by molar-refractivity contribution is 5.72. The summed E-state index contributed by atoms with van der Waals surface area (Å²) >= 11 is 0. The van der Waals surface area contributed by atoms with Gasteiger partial charge in [-0.3, -0.25) is 0 Å². The van der Waals surface area contributed by atoms with E-state index in [9.17, 15) is 0 Å². The third-order valence-electron chi connectivity index (χ3n) is 4.51. The Morgan fingerprint density at radius 1 is 0.957 bits per heavy atom. The zero-order valence-electron chi connectivity index (χ0n) is 14.4. The van der Waals surface area contributed by atoms with E-state index in [-0.39, 0.29) is 5.41 Å². The van der Waals surface area contributed by atoms with E-state index >= 15 is 0 Å². The van der Waals surface area contributed by atoms with E-state index < -0.39 is 0 Å². The van der Waals surface area contributed by atoms with Crippen molar-refractivity contribution in [2.45, 2.75) is 45.4 Å². The molecule has 0 atom stereocenters. The monoisotopic (exact) mass is 306 g/mol. The van der Waals surface area contributed by atoms with Gasteiger partial charge in [-0.05, 0) is 59.1 Å². The fourth-order valence-corrected chi connectivity index (χ4v) is 3.10. The van der Waals surface area contributed by atoms with Crippen molar-refractivity contribution in [1.29, 1.82) is 0 Å². The Bertz CT molecular complexity index is 687. The summed E-state index contributed by atoms with van der Waals surface area (Å²) in [6.07, 6.45) is 5.60. The number of allylic oxidation sites excluding steroid dienone is 2. The van der Waals surface area contributed by atoms with Gasteiger partial charge in [-0.15, -0.1) is 0 Å². The van der Waals surface area contributed by atoms with Crippen molar-refractivity contribution >= 4 is 5.57 Å². The molecular weight excluding hydrogens is 280 g/mol. The highest BCUT2D eigenvalue weighted by Crippen LogP contribution is 2.30. The molecule has 1 aliphatic rings. The average molecular weight is 306 g/mol. The lowest BCUT2D eigenvalue weighted by Gasteiger charge is -2.19. The first-order valence-electron chi connectivity index (χ1n) is 8.55. The summed E-state index contributed by atoms with van der Waals surface area (Å²) in [5, 5.41) is 0. The fraction of sp³-hybridized carbons (Fsp3) is 0.364. The summed E-state index contributed by atoms with van der Waals surface area (Å²) in [5.74, 6) is 0.971. The molecule has 0 radical (unpaired) electrons. The Labute approximate surface area is 140 Å². The van der Waals surface area contributed by atoms with Crippen molar-refractivity contribution in [3.05, 3.63) is 71.3 Å². The molecule has 0 bridgehead atoms. The lowest BCUT2D eigenvalue weighted by molar-refractivity contribution is 0.312. The zero-order chi connectivity index (χ0) is 16.3. The fourth-order valence-electron chi connectivity index (χ4n) is 3.10. The van der Waals surface area contributed by atoms with Crippen LogP contribution in [0.5, 0.6) is 5.75 Å². The first kappa shape index (κ1) is 15.9. The molecule has 2 aromatic carbocycles. The van der Waals surface area contributed by atoms with E-state index in [4.69, 9.17) is 4.74 Å². The van der Waals surface area contributed by atoms with Crippen LogP contribution in [0, 0.1) is 0 Å². The van der Waals surface area contributed by atoms with Crippen molar-refractivity contribution in [3.63, 3.8) is 0 Å². The van der Waals surface area contributed by atoms with Gasteiger partial charge < -0.3 is 4.74 Å². The number of rotatable bonds is 5. The van der Waals surface area contributed by atoms with E-state index in [0.717, 1.165) is 31.6 Å². The van der Waals surface area contributed by atoms with Crippen LogP contribution in [0.2, 0.25) is 0 Å². The normalized spacial score (nSPS) is 13.6. The number of fused-ring (bicyclic) bond motifs is 1. The summed E-state index contributed by atoms with van der Waals surface area (Å²) in [6, 6.07) is 17.2. The molecule has 0 heterocycles. The van der Waals surface area contributed by atoms with Gasteiger partial charge in [-0.1, -0.05) is 63.2 Å². The van der Waals surface area contributed by atoms with Crippen LogP contribution in [0.25, 0.3) is 5.57 Å². The summed E-state index contributed by atoms with van der Waals surface area (Å²) in [7, 11) is 0. The number of ether oxygens (including phenoxy) is 1. The molecule has 0 fully saturated rings. The number of benzene rings is 2. The van der Waals surface area contributed by atoms with Crippen molar-refractivity contribution in [2.24, 2.45) is 0 Å². The maximum Gasteiger partial charge on any atom is 0.119 e. The quantitative estimate of drug-likeness (QED) is 0.636. The van der Waals surface area contributed by atoms with Crippen LogP contribution in [0.3, 0.4) is 0 Å². The first-order valence-corrected chi connectivity index (χ1v) is 8.55. The van der Waals surface area contributed by atoms with Crippen molar-refractivity contribution < 1.29 is 4.74 Å². The second kappa shape index (κ2) is 6.62. The van der Waals surface area contributed by atoms with E-state index in [1.165, 1.54) is 22.3 Å². The molecule has 0 N–H and O–H groups in total. The Kier molecular flexibility index (Phi) is 4.56. The predicted octanol–water partition coefficient (Wildman–Crippen LogP) is 5.78. The molecule has 23 heavy (non-hydrogen) atoms. The molecule has 1 nitrogen and oxygen atoms in total. The zero-order valence-corrected chi connectivity index (χ0v) is 14.4. The van der Waals surface area contributed by atoms with Crippen LogP contribution in [0.4, 0.5) is 0 Å². The van der Waals surface area contributed by atoms with Crippen LogP contribution in [-0.4, -0.2) is 6.61 Å². The van der Waals surface area contributed by atoms with Crippen LogP contribution in [-0.2, 0) is 11.8 Å². The van der Waals surface area contributed by atoms with Gasteiger partial charge in [0.05, 0.1) is 6.61 Å². The van der Waals surface area contributed by atoms with Crippen LogP contribution >= 0.6 is 0 Å². The highest BCUT2D eigenvalue weighted by Gasteiger charge is 2.14. The molecule has 0 spiro atoms. The molecule has 0 unspecified atom stereocenters. The van der Waals surface area contributed by atoms with Gasteiger partial charge in [0.25, 0.3) is 0 Å². The smallest absolute Gasteiger partial charge is 0.119 e. The molecule has 0 aliphatic heterocycles. The Balaban J connectivity index is 1.48. The number of hydrogen-bond acceptors (Lipinski definition) is 1. The van der Waals surface area contributed by atoms with E-state index in [2.05, 4.69) is 75.4 Å². The van der Waals surface area contributed by atoms with Gasteiger partial charge in [0.15, 0.2) is 0 Å². The SMILES string of the molecule is CC(C)(C)c1ccc(OCCCC2=CCc3ccccc32)cc1. The molecule has 0 amide bonds. The second-order valence-corrected chi connectivity index (χ2v) is 7.32. The molecule has 2 aromatic rings. The van der Waals surface area contributed by atoms with Crippen molar-refractivity contribution in [3.8, 4) is 5.75 Å². The minimum atomic E-state index is 0.195. The minimum absolute atomic E-state index is 0.195. The molecule has 0 saturated carbocycles. The first-order chi connectivity index (χ1) is 11.0. The summed E-state index contributed by atoms with van der Waals surface area (Å²) in [6.45, 7) is 7.47. The van der Waals surface area contributed by atoms with Gasteiger partial charge >= 0.3 is 0 Å².